The third kappa shape index (κ3) is 3.83. The Kier molecular flexibility index (Phi) is 3.70. The van der Waals surface area contributed by atoms with Crippen LogP contribution in [-0.2, 0) is 9.05 Å². The zero-order valence-corrected chi connectivity index (χ0v) is 10.1. The van der Waals surface area contributed by atoms with Gasteiger partial charge in [0.25, 0.3) is 9.05 Å². The molecule has 0 bridgehead atoms. The third-order valence-electron chi connectivity index (χ3n) is 1.55. The first-order valence-electron chi connectivity index (χ1n) is 3.80. The van der Waals surface area contributed by atoms with E-state index < -0.39 is 26.1 Å². The second kappa shape index (κ2) is 4.43. The van der Waals surface area contributed by atoms with Crippen LogP contribution in [0.3, 0.4) is 0 Å². The maximum absolute atomic E-state index is 12.0. The Morgan fingerprint density at radius 2 is 1.82 bits per heavy atom. The van der Waals surface area contributed by atoms with E-state index in [-0.39, 0.29) is 10.7 Å². The Hall–Kier alpha value is -0.860. The number of hydrogen-bond acceptors (Lipinski definition) is 4. The van der Waals surface area contributed by atoms with Crippen molar-refractivity contribution in [2.75, 3.05) is 5.73 Å². The molecular formula is C7H4Cl2F3NO3S. The summed E-state index contributed by atoms with van der Waals surface area (Å²) in [6.07, 6.45) is -5.07. The number of benzene rings is 1. The first kappa shape index (κ1) is 14.2. The zero-order chi connectivity index (χ0) is 13.4. The molecule has 0 saturated carbocycles. The standard InChI is InChI=1S/C7H4Cl2F3NO3S/c8-3-1-6(17(9,14)15)5(2-4(3)13)16-7(10,11)12/h1-2H,13H2. The topological polar surface area (TPSA) is 69.4 Å². The van der Waals surface area contributed by atoms with Gasteiger partial charge in [0.15, 0.2) is 5.75 Å². The number of halogens is 5. The molecule has 0 aromatic heterocycles. The van der Waals surface area contributed by atoms with Crippen LogP contribution >= 0.6 is 22.3 Å². The lowest BCUT2D eigenvalue weighted by Gasteiger charge is -2.12. The molecule has 1 aromatic carbocycles. The minimum absolute atomic E-state index is 0.251. The van der Waals surface area contributed by atoms with Crippen LogP contribution in [0.1, 0.15) is 0 Å². The van der Waals surface area contributed by atoms with Crippen molar-refractivity contribution in [2.45, 2.75) is 11.3 Å². The summed E-state index contributed by atoms with van der Waals surface area (Å²) in [5.41, 5.74) is 4.97. The normalized spacial score (nSPS) is 12.5. The first-order valence-corrected chi connectivity index (χ1v) is 6.49. The van der Waals surface area contributed by atoms with E-state index in [9.17, 15) is 21.6 Å². The van der Waals surface area contributed by atoms with E-state index in [1.807, 2.05) is 0 Å². The van der Waals surface area contributed by atoms with E-state index >= 15 is 0 Å². The highest BCUT2D eigenvalue weighted by molar-refractivity contribution is 8.13. The molecule has 0 heterocycles. The van der Waals surface area contributed by atoms with Crippen molar-refractivity contribution in [2.24, 2.45) is 0 Å². The minimum atomic E-state index is -5.07. The molecule has 0 aliphatic carbocycles. The van der Waals surface area contributed by atoms with E-state index in [2.05, 4.69) is 4.74 Å². The lowest BCUT2D eigenvalue weighted by molar-refractivity contribution is -0.275. The van der Waals surface area contributed by atoms with E-state index in [0.717, 1.165) is 0 Å². The Bertz CT molecular complexity index is 544. The van der Waals surface area contributed by atoms with Gasteiger partial charge in [-0.1, -0.05) is 11.6 Å². The van der Waals surface area contributed by atoms with Gasteiger partial charge in [-0.2, -0.15) is 0 Å². The van der Waals surface area contributed by atoms with Gasteiger partial charge in [0.1, 0.15) is 4.90 Å². The van der Waals surface area contributed by atoms with Gasteiger partial charge in [-0.3, -0.25) is 0 Å². The lowest BCUT2D eigenvalue weighted by Crippen LogP contribution is -2.18. The van der Waals surface area contributed by atoms with Crippen LogP contribution in [0.15, 0.2) is 17.0 Å². The van der Waals surface area contributed by atoms with E-state index in [4.69, 9.17) is 28.0 Å². The van der Waals surface area contributed by atoms with Crippen molar-refractivity contribution >= 4 is 37.0 Å². The maximum Gasteiger partial charge on any atom is 0.573 e. The minimum Gasteiger partial charge on any atom is -0.404 e. The molecule has 17 heavy (non-hydrogen) atoms. The number of ether oxygens (including phenoxy) is 1. The Balaban J connectivity index is 3.42. The van der Waals surface area contributed by atoms with Gasteiger partial charge in [0.2, 0.25) is 0 Å². The Labute approximate surface area is 103 Å². The van der Waals surface area contributed by atoms with Gasteiger partial charge in [-0.05, 0) is 6.07 Å². The van der Waals surface area contributed by atoms with Crippen LogP contribution in [0.5, 0.6) is 5.75 Å². The summed E-state index contributed by atoms with van der Waals surface area (Å²) >= 11 is 5.48. The average Bonchev–Trinajstić information content (AvgIpc) is 2.06. The molecule has 0 unspecified atom stereocenters. The van der Waals surface area contributed by atoms with E-state index in [1.54, 1.807) is 0 Å². The molecular weight excluding hydrogens is 306 g/mol. The molecule has 0 aliphatic rings. The molecule has 0 amide bonds. The number of anilines is 1. The molecule has 10 heteroatoms. The second-order valence-electron chi connectivity index (χ2n) is 2.81. The summed E-state index contributed by atoms with van der Waals surface area (Å²) in [6, 6.07) is 1.31. The van der Waals surface area contributed by atoms with Gasteiger partial charge < -0.3 is 10.5 Å². The monoisotopic (exact) mass is 309 g/mol. The quantitative estimate of drug-likeness (QED) is 0.673. The molecule has 0 atom stereocenters. The van der Waals surface area contributed by atoms with Crippen LogP contribution in [0.25, 0.3) is 0 Å². The van der Waals surface area contributed by atoms with Crippen molar-refractivity contribution in [1.82, 2.24) is 0 Å². The summed E-state index contributed by atoms with van der Waals surface area (Å²) < 4.78 is 61.6. The van der Waals surface area contributed by atoms with E-state index in [1.165, 1.54) is 0 Å². The van der Waals surface area contributed by atoms with Crippen LogP contribution < -0.4 is 10.5 Å². The SMILES string of the molecule is Nc1cc(OC(F)(F)F)c(S(=O)(=O)Cl)cc1Cl. The summed E-state index contributed by atoms with van der Waals surface area (Å²) in [7, 11) is 0.504. The van der Waals surface area contributed by atoms with Crippen molar-refractivity contribution < 1.29 is 26.3 Å². The zero-order valence-electron chi connectivity index (χ0n) is 7.75. The van der Waals surface area contributed by atoms with Crippen LogP contribution in [0.2, 0.25) is 5.02 Å². The average molecular weight is 310 g/mol. The van der Waals surface area contributed by atoms with Gasteiger partial charge >= 0.3 is 6.36 Å². The molecule has 2 N–H and O–H groups in total. The fraction of sp³-hybridized carbons (Fsp3) is 0.143. The molecule has 0 saturated heterocycles. The summed E-state index contributed by atoms with van der Waals surface area (Å²) in [6.45, 7) is 0. The molecule has 0 fully saturated rings. The Morgan fingerprint density at radius 3 is 2.24 bits per heavy atom. The van der Waals surface area contributed by atoms with Crippen LogP contribution in [0, 0.1) is 0 Å². The maximum atomic E-state index is 12.0. The van der Waals surface area contributed by atoms with E-state index in [0.29, 0.717) is 12.1 Å². The molecule has 96 valence electrons. The number of nitrogen functional groups attached to an aromatic ring is 1. The first-order chi connectivity index (χ1) is 7.50. The van der Waals surface area contributed by atoms with Gasteiger partial charge in [-0.25, -0.2) is 8.42 Å². The lowest BCUT2D eigenvalue weighted by atomic mass is 10.3. The molecule has 0 spiro atoms. The Morgan fingerprint density at radius 1 is 1.29 bits per heavy atom. The number of rotatable bonds is 2. The number of hydrogen-bond donors (Lipinski definition) is 1. The molecule has 1 rings (SSSR count). The summed E-state index contributed by atoms with van der Waals surface area (Å²) in [4.78, 5) is -0.907. The molecule has 0 radical (unpaired) electrons. The van der Waals surface area contributed by atoms with Gasteiger partial charge in [0.05, 0.1) is 10.7 Å². The van der Waals surface area contributed by atoms with Crippen molar-refractivity contribution in [3.05, 3.63) is 17.2 Å². The van der Waals surface area contributed by atoms with Crippen molar-refractivity contribution in [3.63, 3.8) is 0 Å². The smallest absolute Gasteiger partial charge is 0.404 e. The predicted molar refractivity (Wildman–Crippen MR) is 55.6 cm³/mol. The highest BCUT2D eigenvalue weighted by Crippen LogP contribution is 2.36. The van der Waals surface area contributed by atoms with Crippen molar-refractivity contribution in [3.8, 4) is 5.75 Å². The predicted octanol–water partition coefficient (Wildman–Crippen LogP) is 2.75. The fourth-order valence-corrected chi connectivity index (χ4v) is 2.14. The molecule has 1 aromatic rings. The second-order valence-corrected chi connectivity index (χ2v) is 5.75. The summed E-state index contributed by atoms with van der Waals surface area (Å²) in [5, 5.41) is -0.251. The van der Waals surface area contributed by atoms with Crippen LogP contribution in [-0.4, -0.2) is 14.8 Å². The number of nitrogens with two attached hydrogens (primary N) is 1. The van der Waals surface area contributed by atoms with Crippen molar-refractivity contribution in [1.29, 1.82) is 0 Å². The number of alkyl halides is 3. The molecule has 0 aliphatic heterocycles. The van der Waals surface area contributed by atoms with Gasteiger partial charge in [-0.15, -0.1) is 13.2 Å². The summed E-state index contributed by atoms with van der Waals surface area (Å²) in [5.74, 6) is -1.03. The highest BCUT2D eigenvalue weighted by Gasteiger charge is 2.34. The van der Waals surface area contributed by atoms with Crippen LogP contribution in [0.4, 0.5) is 18.9 Å². The third-order valence-corrected chi connectivity index (χ3v) is 3.22. The fourth-order valence-electron chi connectivity index (χ4n) is 0.946. The highest BCUT2D eigenvalue weighted by atomic mass is 35.7. The molecule has 4 nitrogen and oxygen atoms in total. The van der Waals surface area contributed by atoms with Gasteiger partial charge in [0, 0.05) is 16.7 Å². The largest absolute Gasteiger partial charge is 0.573 e.